The lowest BCUT2D eigenvalue weighted by molar-refractivity contribution is 0.0608. The third kappa shape index (κ3) is 5.01. The van der Waals surface area contributed by atoms with E-state index < -0.39 is 11.7 Å². The summed E-state index contributed by atoms with van der Waals surface area (Å²) in [4.78, 5) is 10.4. The normalized spacial score (nSPS) is 11.2. The molecule has 5 rings (SSSR count). The summed E-state index contributed by atoms with van der Waals surface area (Å²) in [6.45, 7) is 5.11. The fourth-order valence-electron chi connectivity index (χ4n) is 3.70. The Morgan fingerprint density at radius 3 is 1.25 bits per heavy atom. The van der Waals surface area contributed by atoms with Gasteiger partial charge in [-0.25, -0.2) is 4.79 Å². The maximum absolute atomic E-state index is 10.4. The number of hydrogen-bond acceptors (Lipinski definition) is 3. The van der Waals surface area contributed by atoms with Gasteiger partial charge in [0.2, 0.25) is 11.5 Å². The van der Waals surface area contributed by atoms with Crippen molar-refractivity contribution in [3.63, 3.8) is 0 Å². The van der Waals surface area contributed by atoms with Gasteiger partial charge in [0.1, 0.15) is 5.60 Å². The second kappa shape index (κ2) is 8.89. The molecule has 0 atom stereocenters. The molecular formula is C27H23NO3S. The molecule has 0 N–H and O–H groups in total. The van der Waals surface area contributed by atoms with E-state index in [0.717, 1.165) is 0 Å². The largest absolute Gasteiger partial charge is 0.447 e. The molecule has 5 aromatic carbocycles. The minimum absolute atomic E-state index is 0.149. The van der Waals surface area contributed by atoms with Gasteiger partial charge in [-0.2, -0.15) is 4.21 Å². The molecule has 0 bridgehead atoms. The third-order valence-corrected chi connectivity index (χ3v) is 5.25. The van der Waals surface area contributed by atoms with Gasteiger partial charge >= 0.3 is 6.09 Å². The third-order valence-electron chi connectivity index (χ3n) is 5.03. The molecule has 32 heavy (non-hydrogen) atoms. The van der Waals surface area contributed by atoms with Crippen LogP contribution in [0.5, 0.6) is 0 Å². The van der Waals surface area contributed by atoms with Crippen molar-refractivity contribution < 1.29 is 13.7 Å². The van der Waals surface area contributed by atoms with Gasteiger partial charge in [-0.3, -0.25) is 0 Å². The molecule has 5 aromatic rings. The summed E-state index contributed by atoms with van der Waals surface area (Å²) in [7, 11) is 0. The standard InChI is InChI=1S/C22H14.C5H9NO3S/c1-2-6-16-10-20-14-22-12-18-8-4-3-7-17(18)11-21(22)13-19(20)9-15(16)5-1;1-5(2,3)9-4(7)6-10-8/h1-14H;1-3H3. The van der Waals surface area contributed by atoms with Gasteiger partial charge in [-0.1, -0.05) is 52.9 Å². The summed E-state index contributed by atoms with van der Waals surface area (Å²) in [6.07, 6.45) is -0.826. The number of ether oxygens (including phenoxy) is 1. The molecule has 0 radical (unpaired) electrons. The average molecular weight is 442 g/mol. The van der Waals surface area contributed by atoms with Gasteiger partial charge in [0, 0.05) is 0 Å². The fraction of sp³-hybridized carbons (Fsp3) is 0.148. The maximum atomic E-state index is 10.4. The molecule has 0 heterocycles. The first kappa shape index (κ1) is 21.7. The van der Waals surface area contributed by atoms with Gasteiger partial charge in [0.25, 0.3) is 0 Å². The van der Waals surface area contributed by atoms with Gasteiger partial charge in [-0.05, 0) is 100 Å². The van der Waals surface area contributed by atoms with E-state index in [0.29, 0.717) is 0 Å². The molecule has 0 fully saturated rings. The summed E-state index contributed by atoms with van der Waals surface area (Å²) >= 11 is -0.149. The molecule has 0 spiro atoms. The Labute approximate surface area is 190 Å². The molecule has 0 aliphatic rings. The van der Waals surface area contributed by atoms with Crippen molar-refractivity contribution in [1.82, 2.24) is 0 Å². The predicted octanol–water partition coefficient (Wildman–Crippen LogP) is 7.62. The molecular weight excluding hydrogens is 418 g/mol. The van der Waals surface area contributed by atoms with Crippen molar-refractivity contribution >= 4 is 60.6 Å². The Morgan fingerprint density at radius 1 is 0.656 bits per heavy atom. The van der Waals surface area contributed by atoms with E-state index in [1.165, 1.54) is 43.1 Å². The number of nitrogens with zero attached hydrogens (tertiary/aromatic N) is 1. The van der Waals surface area contributed by atoms with E-state index in [2.05, 4.69) is 94.0 Å². The van der Waals surface area contributed by atoms with Crippen molar-refractivity contribution in [2.24, 2.45) is 4.36 Å². The molecule has 0 aliphatic heterocycles. The van der Waals surface area contributed by atoms with Gasteiger partial charge in [-0.15, -0.1) is 0 Å². The summed E-state index contributed by atoms with van der Waals surface area (Å²) in [6, 6.07) is 30.9. The lowest BCUT2D eigenvalue weighted by Crippen LogP contribution is -2.21. The van der Waals surface area contributed by atoms with Crippen molar-refractivity contribution in [2.75, 3.05) is 0 Å². The van der Waals surface area contributed by atoms with E-state index >= 15 is 0 Å². The first-order chi connectivity index (χ1) is 15.3. The number of carbonyl (C=O) groups excluding carboxylic acids is 1. The summed E-state index contributed by atoms with van der Waals surface area (Å²) in [5.74, 6) is 0. The van der Waals surface area contributed by atoms with Crippen molar-refractivity contribution in [2.45, 2.75) is 26.4 Å². The second-order valence-corrected chi connectivity index (χ2v) is 8.92. The SMILES string of the molecule is CC(C)(C)OC(=O)N=S=O.c1ccc2cc3cc4cc5ccccc5cc4cc3cc2c1. The van der Waals surface area contributed by atoms with Crippen LogP contribution in [0, 0.1) is 0 Å². The second-order valence-electron chi connectivity index (χ2n) is 8.59. The van der Waals surface area contributed by atoms with Crippen LogP contribution in [0.1, 0.15) is 20.8 Å². The zero-order valence-corrected chi connectivity index (χ0v) is 19.0. The van der Waals surface area contributed by atoms with Gasteiger partial charge in [0.05, 0.1) is 0 Å². The molecule has 0 saturated heterocycles. The van der Waals surface area contributed by atoms with Gasteiger partial charge in [0.15, 0.2) is 0 Å². The molecule has 0 unspecified atom stereocenters. The minimum atomic E-state index is -0.826. The first-order valence-corrected chi connectivity index (χ1v) is 11.0. The van der Waals surface area contributed by atoms with Crippen LogP contribution in [0.4, 0.5) is 4.79 Å². The summed E-state index contributed by atoms with van der Waals surface area (Å²) in [5, 5.41) is 10.4. The smallest absolute Gasteiger partial charge is 0.442 e. The topological polar surface area (TPSA) is 55.7 Å². The van der Waals surface area contributed by atoms with Crippen LogP contribution < -0.4 is 0 Å². The van der Waals surface area contributed by atoms with E-state index in [1.807, 2.05) is 0 Å². The number of carbonyl (C=O) groups is 1. The van der Waals surface area contributed by atoms with E-state index in [9.17, 15) is 9.00 Å². The monoisotopic (exact) mass is 441 g/mol. The zero-order chi connectivity index (χ0) is 22.7. The van der Waals surface area contributed by atoms with Crippen molar-refractivity contribution in [3.8, 4) is 0 Å². The average Bonchev–Trinajstić information content (AvgIpc) is 2.74. The highest BCUT2D eigenvalue weighted by Gasteiger charge is 2.15. The van der Waals surface area contributed by atoms with Crippen LogP contribution in [0.25, 0.3) is 43.1 Å². The molecule has 0 aromatic heterocycles. The molecule has 5 heteroatoms. The lowest BCUT2D eigenvalue weighted by atomic mass is 9.97. The van der Waals surface area contributed by atoms with Crippen LogP contribution in [0.2, 0.25) is 0 Å². The maximum Gasteiger partial charge on any atom is 0.447 e. The van der Waals surface area contributed by atoms with Crippen molar-refractivity contribution in [3.05, 3.63) is 84.9 Å². The molecule has 0 aliphatic carbocycles. The van der Waals surface area contributed by atoms with Crippen LogP contribution in [0.15, 0.2) is 89.3 Å². The van der Waals surface area contributed by atoms with Crippen LogP contribution in [-0.4, -0.2) is 15.9 Å². The Kier molecular flexibility index (Phi) is 6.01. The van der Waals surface area contributed by atoms with E-state index in [1.54, 1.807) is 20.8 Å². The summed E-state index contributed by atoms with van der Waals surface area (Å²) in [5.41, 5.74) is -0.573. The predicted molar refractivity (Wildman–Crippen MR) is 133 cm³/mol. The highest BCUT2D eigenvalue weighted by Crippen LogP contribution is 2.30. The fourth-order valence-corrected chi connectivity index (χ4v) is 3.80. The zero-order valence-electron chi connectivity index (χ0n) is 18.2. The molecule has 1 amide bonds. The van der Waals surface area contributed by atoms with E-state index in [-0.39, 0.29) is 11.5 Å². The number of fused-ring (bicyclic) bond motifs is 4. The highest BCUT2D eigenvalue weighted by atomic mass is 32.1. The number of hydrogen-bond donors (Lipinski definition) is 0. The lowest BCUT2D eigenvalue weighted by Gasteiger charge is -2.16. The highest BCUT2D eigenvalue weighted by molar-refractivity contribution is 7.55. The number of amides is 1. The Morgan fingerprint density at radius 2 is 0.969 bits per heavy atom. The van der Waals surface area contributed by atoms with Crippen LogP contribution in [-0.2, 0) is 16.2 Å². The Bertz CT molecular complexity index is 1330. The molecule has 0 saturated carbocycles. The number of rotatable bonds is 0. The van der Waals surface area contributed by atoms with Crippen LogP contribution in [0.3, 0.4) is 0 Å². The quantitative estimate of drug-likeness (QED) is 0.232. The van der Waals surface area contributed by atoms with Crippen molar-refractivity contribution in [1.29, 1.82) is 0 Å². The van der Waals surface area contributed by atoms with Crippen LogP contribution >= 0.6 is 0 Å². The Hall–Kier alpha value is -3.57. The summed E-state index contributed by atoms with van der Waals surface area (Å²) < 4.78 is 17.2. The molecule has 160 valence electrons. The van der Waals surface area contributed by atoms with Gasteiger partial charge < -0.3 is 4.74 Å². The first-order valence-electron chi connectivity index (χ1n) is 10.3. The molecule has 4 nitrogen and oxygen atoms in total. The Balaban J connectivity index is 0.000000211. The van der Waals surface area contributed by atoms with E-state index in [4.69, 9.17) is 0 Å². The minimum Gasteiger partial charge on any atom is -0.442 e. The number of benzene rings is 5.